The second-order valence-corrected chi connectivity index (χ2v) is 4.54. The van der Waals surface area contributed by atoms with Gasteiger partial charge >= 0.3 is 0 Å². The van der Waals surface area contributed by atoms with Crippen LogP contribution in [0.1, 0.15) is 17.4 Å². The van der Waals surface area contributed by atoms with Crippen molar-refractivity contribution >= 4 is 5.78 Å². The Hall–Kier alpha value is -2.95. The van der Waals surface area contributed by atoms with Crippen molar-refractivity contribution in [1.29, 1.82) is 0 Å². The van der Waals surface area contributed by atoms with Gasteiger partial charge in [-0.2, -0.15) is 0 Å². The SMILES string of the molecule is CC(=O)c1[nH]nnc1Oc1ccc(-c2ccccc2)cc1. The molecule has 0 saturated carbocycles. The van der Waals surface area contributed by atoms with Crippen LogP contribution in [-0.2, 0) is 0 Å². The van der Waals surface area contributed by atoms with Crippen molar-refractivity contribution in [2.45, 2.75) is 6.92 Å². The smallest absolute Gasteiger partial charge is 0.269 e. The predicted octanol–water partition coefficient (Wildman–Crippen LogP) is 3.47. The van der Waals surface area contributed by atoms with Gasteiger partial charge in [0.1, 0.15) is 5.75 Å². The fourth-order valence-corrected chi connectivity index (χ4v) is 1.98. The Labute approximate surface area is 121 Å². The molecule has 1 heterocycles. The second kappa shape index (κ2) is 5.58. The summed E-state index contributed by atoms with van der Waals surface area (Å²) >= 11 is 0. The maximum absolute atomic E-state index is 11.4. The summed E-state index contributed by atoms with van der Waals surface area (Å²) < 4.78 is 5.58. The number of carbonyl (C=O) groups is 1. The van der Waals surface area contributed by atoms with E-state index in [0.29, 0.717) is 5.75 Å². The van der Waals surface area contributed by atoms with E-state index in [2.05, 4.69) is 15.4 Å². The van der Waals surface area contributed by atoms with Crippen LogP contribution >= 0.6 is 0 Å². The van der Waals surface area contributed by atoms with Crippen LogP contribution in [0.15, 0.2) is 54.6 Å². The Morgan fingerprint density at radius 3 is 2.33 bits per heavy atom. The zero-order chi connectivity index (χ0) is 14.7. The number of hydrogen-bond donors (Lipinski definition) is 1. The van der Waals surface area contributed by atoms with Crippen molar-refractivity contribution in [1.82, 2.24) is 15.4 Å². The number of rotatable bonds is 4. The van der Waals surface area contributed by atoms with E-state index < -0.39 is 0 Å². The van der Waals surface area contributed by atoms with Gasteiger partial charge in [0.25, 0.3) is 5.88 Å². The monoisotopic (exact) mass is 279 g/mol. The zero-order valence-corrected chi connectivity index (χ0v) is 11.4. The first-order chi connectivity index (χ1) is 10.2. The van der Waals surface area contributed by atoms with E-state index in [1.54, 1.807) is 0 Å². The molecule has 5 nitrogen and oxygen atoms in total. The quantitative estimate of drug-likeness (QED) is 0.742. The van der Waals surface area contributed by atoms with E-state index in [-0.39, 0.29) is 17.4 Å². The maximum Gasteiger partial charge on any atom is 0.269 e. The fraction of sp³-hybridized carbons (Fsp3) is 0.0625. The zero-order valence-electron chi connectivity index (χ0n) is 11.4. The van der Waals surface area contributed by atoms with Gasteiger partial charge in [0.05, 0.1) is 0 Å². The molecule has 0 atom stereocenters. The molecule has 3 aromatic rings. The van der Waals surface area contributed by atoms with Crippen LogP contribution in [0.3, 0.4) is 0 Å². The molecule has 0 radical (unpaired) electrons. The van der Waals surface area contributed by atoms with Crippen LogP contribution in [0.4, 0.5) is 0 Å². The third kappa shape index (κ3) is 2.81. The van der Waals surface area contributed by atoms with Gasteiger partial charge in [0, 0.05) is 6.92 Å². The molecular formula is C16H13N3O2. The van der Waals surface area contributed by atoms with E-state index >= 15 is 0 Å². The second-order valence-electron chi connectivity index (χ2n) is 4.54. The van der Waals surface area contributed by atoms with Gasteiger partial charge in [-0.1, -0.05) is 52.8 Å². The van der Waals surface area contributed by atoms with Crippen molar-refractivity contribution < 1.29 is 9.53 Å². The number of benzene rings is 2. The maximum atomic E-state index is 11.4. The largest absolute Gasteiger partial charge is 0.436 e. The Morgan fingerprint density at radius 1 is 1.00 bits per heavy atom. The highest BCUT2D eigenvalue weighted by molar-refractivity contribution is 5.94. The summed E-state index contributed by atoms with van der Waals surface area (Å²) in [4.78, 5) is 11.4. The standard InChI is InChI=1S/C16H13N3O2/c1-11(20)15-16(18-19-17-15)21-14-9-7-13(8-10-14)12-5-3-2-4-6-12/h2-10H,1H3,(H,17,18,19). The predicted molar refractivity (Wildman–Crippen MR) is 78.3 cm³/mol. The first kappa shape index (κ1) is 13.1. The van der Waals surface area contributed by atoms with Crippen molar-refractivity contribution in [2.24, 2.45) is 0 Å². The van der Waals surface area contributed by atoms with E-state index in [1.165, 1.54) is 6.92 Å². The number of carbonyl (C=O) groups excluding carboxylic acids is 1. The summed E-state index contributed by atoms with van der Waals surface area (Å²) in [5, 5.41) is 9.88. The minimum absolute atomic E-state index is 0.170. The molecule has 3 rings (SSSR count). The molecule has 0 unspecified atom stereocenters. The third-order valence-corrected chi connectivity index (χ3v) is 3.04. The Bertz CT molecular complexity index is 749. The van der Waals surface area contributed by atoms with Gasteiger partial charge in [-0.15, -0.1) is 0 Å². The first-order valence-electron chi connectivity index (χ1n) is 6.49. The van der Waals surface area contributed by atoms with Gasteiger partial charge in [0.15, 0.2) is 11.5 Å². The van der Waals surface area contributed by atoms with Gasteiger partial charge < -0.3 is 4.74 Å². The van der Waals surface area contributed by atoms with Gasteiger partial charge in [-0.3, -0.25) is 9.89 Å². The van der Waals surface area contributed by atoms with Crippen LogP contribution in [0, 0.1) is 0 Å². The number of nitrogens with zero attached hydrogens (tertiary/aromatic N) is 2. The molecule has 5 heteroatoms. The number of aromatic nitrogens is 3. The lowest BCUT2D eigenvalue weighted by Gasteiger charge is -2.05. The molecule has 0 spiro atoms. The summed E-state index contributed by atoms with van der Waals surface area (Å²) in [5.41, 5.74) is 2.49. The molecule has 0 aliphatic carbocycles. The van der Waals surface area contributed by atoms with Crippen molar-refractivity contribution in [2.75, 3.05) is 0 Å². The van der Waals surface area contributed by atoms with Crippen LogP contribution in [0.5, 0.6) is 11.6 Å². The van der Waals surface area contributed by atoms with E-state index in [4.69, 9.17) is 4.74 Å². The van der Waals surface area contributed by atoms with Gasteiger partial charge in [-0.05, 0) is 23.3 Å². The Kier molecular flexibility index (Phi) is 3.47. The minimum Gasteiger partial charge on any atom is -0.436 e. The number of Topliss-reactive ketones (excluding diaryl/α,β-unsaturated/α-hetero) is 1. The number of aromatic amines is 1. The highest BCUT2D eigenvalue weighted by Crippen LogP contribution is 2.25. The molecule has 104 valence electrons. The summed E-state index contributed by atoms with van der Waals surface area (Å²) in [5.74, 6) is 0.622. The highest BCUT2D eigenvalue weighted by atomic mass is 16.5. The third-order valence-electron chi connectivity index (χ3n) is 3.04. The first-order valence-corrected chi connectivity index (χ1v) is 6.49. The van der Waals surface area contributed by atoms with E-state index in [1.807, 2.05) is 54.6 Å². The number of hydrogen-bond acceptors (Lipinski definition) is 4. The number of H-pyrrole nitrogens is 1. The lowest BCUT2D eigenvalue weighted by molar-refractivity contribution is 0.101. The summed E-state index contributed by atoms with van der Waals surface area (Å²) in [6, 6.07) is 17.6. The topological polar surface area (TPSA) is 67.9 Å². The van der Waals surface area contributed by atoms with Gasteiger partial charge in [0.2, 0.25) is 0 Å². The van der Waals surface area contributed by atoms with Crippen LogP contribution < -0.4 is 4.74 Å². The molecular weight excluding hydrogens is 266 g/mol. The van der Waals surface area contributed by atoms with Crippen LogP contribution in [0.25, 0.3) is 11.1 Å². The molecule has 2 aromatic carbocycles. The average molecular weight is 279 g/mol. The number of nitrogens with one attached hydrogen (secondary N) is 1. The molecule has 0 saturated heterocycles. The Balaban J connectivity index is 1.82. The summed E-state index contributed by atoms with van der Waals surface area (Å²) in [7, 11) is 0. The van der Waals surface area contributed by atoms with E-state index in [0.717, 1.165) is 11.1 Å². The lowest BCUT2D eigenvalue weighted by Crippen LogP contribution is -1.96. The van der Waals surface area contributed by atoms with Crippen LogP contribution in [0.2, 0.25) is 0 Å². The van der Waals surface area contributed by atoms with Gasteiger partial charge in [-0.25, -0.2) is 0 Å². The number of ketones is 1. The molecule has 0 amide bonds. The minimum atomic E-state index is -0.170. The van der Waals surface area contributed by atoms with Crippen molar-refractivity contribution in [3.63, 3.8) is 0 Å². The lowest BCUT2D eigenvalue weighted by atomic mass is 10.1. The molecule has 0 aliphatic rings. The summed E-state index contributed by atoms with van der Waals surface area (Å²) in [6.45, 7) is 1.43. The van der Waals surface area contributed by atoms with Crippen molar-refractivity contribution in [3.8, 4) is 22.8 Å². The van der Waals surface area contributed by atoms with Crippen molar-refractivity contribution in [3.05, 3.63) is 60.3 Å². The molecule has 1 N–H and O–H groups in total. The Morgan fingerprint density at radius 2 is 1.67 bits per heavy atom. The van der Waals surface area contributed by atoms with E-state index in [9.17, 15) is 4.79 Å². The molecule has 0 aliphatic heterocycles. The highest BCUT2D eigenvalue weighted by Gasteiger charge is 2.13. The molecule has 0 bridgehead atoms. The normalized spacial score (nSPS) is 10.3. The fourth-order valence-electron chi connectivity index (χ4n) is 1.98. The summed E-state index contributed by atoms with van der Waals surface area (Å²) in [6.07, 6.45) is 0. The molecule has 0 fully saturated rings. The number of ether oxygens (including phenoxy) is 1. The van der Waals surface area contributed by atoms with Crippen LogP contribution in [-0.4, -0.2) is 21.2 Å². The molecule has 1 aromatic heterocycles. The average Bonchev–Trinajstić information content (AvgIpc) is 2.97. The molecule has 21 heavy (non-hydrogen) atoms.